The van der Waals surface area contributed by atoms with Crippen LogP contribution < -0.4 is 0 Å². The number of ether oxygens (including phenoxy) is 1. The van der Waals surface area contributed by atoms with Crippen LogP contribution in [0, 0.1) is 23.2 Å². The van der Waals surface area contributed by atoms with Gasteiger partial charge >= 0.3 is 0 Å². The summed E-state index contributed by atoms with van der Waals surface area (Å²) in [6.45, 7) is 8.72. The number of rotatable bonds is 2. The molecule has 2 fully saturated rings. The van der Waals surface area contributed by atoms with Crippen molar-refractivity contribution in [2.75, 3.05) is 13.2 Å². The smallest absolute Gasteiger partial charge is 0.0576 e. The maximum absolute atomic E-state index is 10.3. The van der Waals surface area contributed by atoms with E-state index in [1.54, 1.807) is 0 Å². The summed E-state index contributed by atoms with van der Waals surface area (Å²) in [5.41, 5.74) is 0.232. The monoisotopic (exact) mass is 226 g/mol. The van der Waals surface area contributed by atoms with Crippen molar-refractivity contribution in [1.82, 2.24) is 0 Å². The van der Waals surface area contributed by atoms with Gasteiger partial charge in [0.2, 0.25) is 0 Å². The van der Waals surface area contributed by atoms with Crippen molar-refractivity contribution in [2.45, 2.75) is 52.6 Å². The second-order valence-corrected chi connectivity index (χ2v) is 6.47. The molecule has 0 aromatic heterocycles. The van der Waals surface area contributed by atoms with Crippen LogP contribution in [0.15, 0.2) is 0 Å². The lowest BCUT2D eigenvalue weighted by Gasteiger charge is -2.45. The van der Waals surface area contributed by atoms with Gasteiger partial charge in [0.25, 0.3) is 0 Å². The summed E-state index contributed by atoms with van der Waals surface area (Å²) in [7, 11) is 0. The van der Waals surface area contributed by atoms with E-state index >= 15 is 0 Å². The van der Waals surface area contributed by atoms with Crippen molar-refractivity contribution in [1.29, 1.82) is 0 Å². The van der Waals surface area contributed by atoms with E-state index in [1.165, 1.54) is 19.3 Å². The van der Waals surface area contributed by atoms with E-state index in [-0.39, 0.29) is 11.5 Å². The molecule has 2 heteroatoms. The predicted molar refractivity (Wildman–Crippen MR) is 65.2 cm³/mol. The van der Waals surface area contributed by atoms with E-state index in [0.717, 1.165) is 19.6 Å². The number of hydrogen-bond acceptors (Lipinski definition) is 2. The number of aliphatic hydroxyl groups is 1. The maximum atomic E-state index is 10.3. The molecule has 16 heavy (non-hydrogen) atoms. The third-order valence-electron chi connectivity index (χ3n) is 5.02. The van der Waals surface area contributed by atoms with Gasteiger partial charge in [0.15, 0.2) is 0 Å². The highest BCUT2D eigenvalue weighted by Gasteiger charge is 2.43. The van der Waals surface area contributed by atoms with Gasteiger partial charge in [-0.15, -0.1) is 0 Å². The van der Waals surface area contributed by atoms with Gasteiger partial charge in [-0.2, -0.15) is 0 Å². The first-order valence-corrected chi connectivity index (χ1v) is 6.77. The fourth-order valence-electron chi connectivity index (χ4n) is 3.64. The largest absolute Gasteiger partial charge is 0.393 e. The average Bonchev–Trinajstić information content (AvgIpc) is 2.69. The van der Waals surface area contributed by atoms with Crippen molar-refractivity contribution in [3.8, 4) is 0 Å². The SMILES string of the molecule is CC1CCC(C(C)(C)C2CCOC2)C(O)C1. The van der Waals surface area contributed by atoms with Crippen molar-refractivity contribution in [3.63, 3.8) is 0 Å². The van der Waals surface area contributed by atoms with Crippen LogP contribution in [0.4, 0.5) is 0 Å². The van der Waals surface area contributed by atoms with Gasteiger partial charge in [0.1, 0.15) is 0 Å². The molecule has 0 aromatic carbocycles. The summed E-state index contributed by atoms with van der Waals surface area (Å²) in [5, 5.41) is 10.3. The molecule has 94 valence electrons. The molecule has 0 spiro atoms. The van der Waals surface area contributed by atoms with Gasteiger partial charge in [-0.25, -0.2) is 0 Å². The molecule has 2 aliphatic rings. The quantitative estimate of drug-likeness (QED) is 0.784. The first-order chi connectivity index (χ1) is 7.51. The molecule has 4 unspecified atom stereocenters. The molecule has 0 radical (unpaired) electrons. The van der Waals surface area contributed by atoms with Crippen molar-refractivity contribution in [3.05, 3.63) is 0 Å². The standard InChI is InChI=1S/C14H26O2/c1-10-4-5-12(13(15)8-10)14(2,3)11-6-7-16-9-11/h10-13,15H,4-9H2,1-3H3. The highest BCUT2D eigenvalue weighted by Crippen LogP contribution is 2.46. The van der Waals surface area contributed by atoms with Crippen LogP contribution >= 0.6 is 0 Å². The van der Waals surface area contributed by atoms with Crippen LogP contribution in [-0.2, 0) is 4.74 Å². The molecular formula is C14H26O2. The Morgan fingerprint density at radius 1 is 1.19 bits per heavy atom. The molecule has 1 aliphatic carbocycles. The Hall–Kier alpha value is -0.0800. The second-order valence-electron chi connectivity index (χ2n) is 6.47. The lowest BCUT2D eigenvalue weighted by Crippen LogP contribution is -2.42. The molecule has 4 atom stereocenters. The second kappa shape index (κ2) is 4.66. The Morgan fingerprint density at radius 3 is 2.50 bits per heavy atom. The molecule has 2 nitrogen and oxygen atoms in total. The zero-order chi connectivity index (χ0) is 11.8. The zero-order valence-corrected chi connectivity index (χ0v) is 10.9. The third-order valence-corrected chi connectivity index (χ3v) is 5.02. The molecule has 0 amide bonds. The average molecular weight is 226 g/mol. The molecule has 1 aliphatic heterocycles. The third kappa shape index (κ3) is 2.28. The summed E-state index contributed by atoms with van der Waals surface area (Å²) in [4.78, 5) is 0. The lowest BCUT2D eigenvalue weighted by molar-refractivity contribution is -0.0394. The summed E-state index contributed by atoms with van der Waals surface area (Å²) >= 11 is 0. The Morgan fingerprint density at radius 2 is 1.94 bits per heavy atom. The van der Waals surface area contributed by atoms with Gasteiger partial charge in [-0.1, -0.05) is 27.2 Å². The van der Waals surface area contributed by atoms with E-state index in [1.807, 2.05) is 0 Å². The van der Waals surface area contributed by atoms with E-state index in [2.05, 4.69) is 20.8 Å². The summed E-state index contributed by atoms with van der Waals surface area (Å²) in [6.07, 6.45) is 4.53. The molecule has 0 aromatic rings. The fourth-order valence-corrected chi connectivity index (χ4v) is 3.64. The molecular weight excluding hydrogens is 200 g/mol. The molecule has 1 saturated carbocycles. The molecule has 1 saturated heterocycles. The number of hydrogen-bond donors (Lipinski definition) is 1. The van der Waals surface area contributed by atoms with Gasteiger partial charge in [-0.05, 0) is 42.4 Å². The minimum absolute atomic E-state index is 0.0978. The highest BCUT2D eigenvalue weighted by atomic mass is 16.5. The normalized spacial score (nSPS) is 41.2. The predicted octanol–water partition coefficient (Wildman–Crippen LogP) is 2.85. The van der Waals surface area contributed by atoms with Crippen LogP contribution in [-0.4, -0.2) is 24.4 Å². The fraction of sp³-hybridized carbons (Fsp3) is 1.00. The van der Waals surface area contributed by atoms with Gasteiger partial charge in [0.05, 0.1) is 6.10 Å². The Balaban J connectivity index is 2.04. The van der Waals surface area contributed by atoms with E-state index in [4.69, 9.17) is 4.74 Å². The van der Waals surface area contributed by atoms with Crippen molar-refractivity contribution >= 4 is 0 Å². The van der Waals surface area contributed by atoms with Gasteiger partial charge in [0, 0.05) is 13.2 Å². The van der Waals surface area contributed by atoms with Crippen LogP contribution in [0.5, 0.6) is 0 Å². The molecule has 1 N–H and O–H groups in total. The first-order valence-electron chi connectivity index (χ1n) is 6.77. The van der Waals surface area contributed by atoms with Crippen LogP contribution in [0.3, 0.4) is 0 Å². The van der Waals surface area contributed by atoms with E-state index in [9.17, 15) is 5.11 Å². The lowest BCUT2D eigenvalue weighted by atomic mass is 9.62. The Bertz CT molecular complexity index is 231. The van der Waals surface area contributed by atoms with E-state index in [0.29, 0.717) is 17.8 Å². The zero-order valence-electron chi connectivity index (χ0n) is 10.9. The molecule has 1 heterocycles. The topological polar surface area (TPSA) is 29.5 Å². The Labute approximate surface area is 99.4 Å². The summed E-state index contributed by atoms with van der Waals surface area (Å²) < 4.78 is 5.51. The minimum Gasteiger partial charge on any atom is -0.393 e. The van der Waals surface area contributed by atoms with Crippen LogP contribution in [0.1, 0.15) is 46.5 Å². The van der Waals surface area contributed by atoms with Crippen LogP contribution in [0.2, 0.25) is 0 Å². The van der Waals surface area contributed by atoms with E-state index < -0.39 is 0 Å². The van der Waals surface area contributed by atoms with Crippen LogP contribution in [0.25, 0.3) is 0 Å². The molecule has 2 rings (SSSR count). The van der Waals surface area contributed by atoms with Gasteiger partial charge < -0.3 is 9.84 Å². The minimum atomic E-state index is -0.0978. The maximum Gasteiger partial charge on any atom is 0.0576 e. The van der Waals surface area contributed by atoms with Crippen molar-refractivity contribution in [2.24, 2.45) is 23.2 Å². The number of aliphatic hydroxyl groups excluding tert-OH is 1. The van der Waals surface area contributed by atoms with Crippen molar-refractivity contribution < 1.29 is 9.84 Å². The summed E-state index contributed by atoms with van der Waals surface area (Å²) in [6, 6.07) is 0. The van der Waals surface area contributed by atoms with Gasteiger partial charge in [-0.3, -0.25) is 0 Å². The Kier molecular flexibility index (Phi) is 3.60. The molecule has 0 bridgehead atoms. The highest BCUT2D eigenvalue weighted by molar-refractivity contribution is 4.93. The summed E-state index contributed by atoms with van der Waals surface area (Å²) in [5.74, 6) is 1.80. The first kappa shape index (κ1) is 12.4.